The van der Waals surface area contributed by atoms with Gasteiger partial charge in [0.2, 0.25) is 0 Å². The average Bonchev–Trinajstić information content (AvgIpc) is 2.82. The Bertz CT molecular complexity index is 1140. The molecule has 0 bridgehead atoms. The second-order valence-corrected chi connectivity index (χ2v) is 10.4. The normalized spacial score (nSPS) is 20.4. The van der Waals surface area contributed by atoms with Gasteiger partial charge in [0.15, 0.2) is 0 Å². The minimum absolute atomic E-state index is 0.0558. The third-order valence-corrected chi connectivity index (χ3v) is 6.94. The van der Waals surface area contributed by atoms with Gasteiger partial charge >= 0.3 is 7.48 Å². The molecule has 4 rings (SSSR count). The Morgan fingerprint density at radius 2 is 1.79 bits per heavy atom. The maximum absolute atomic E-state index is 10.5. The number of allylic oxidation sites excluding steroid dienone is 6. The molecule has 3 nitrogen and oxygen atoms in total. The van der Waals surface area contributed by atoms with Crippen LogP contribution in [0.25, 0.3) is 11.1 Å². The average molecular weight is 452 g/mol. The lowest BCUT2D eigenvalue weighted by Crippen LogP contribution is -2.49. The van der Waals surface area contributed by atoms with E-state index in [9.17, 15) is 5.11 Å². The molecule has 2 aromatic rings. The van der Waals surface area contributed by atoms with E-state index in [4.69, 9.17) is 4.65 Å². The molecule has 0 aromatic heterocycles. The number of hydrogen-bond acceptors (Lipinski definition) is 3. The van der Waals surface area contributed by atoms with Crippen molar-refractivity contribution in [2.75, 3.05) is 0 Å². The summed E-state index contributed by atoms with van der Waals surface area (Å²) in [5.41, 5.74) is 5.36. The molecule has 2 aliphatic rings. The lowest BCUT2D eigenvalue weighted by atomic mass is 9.80. The quantitative estimate of drug-likeness (QED) is 0.524. The molecule has 2 unspecified atom stereocenters. The van der Waals surface area contributed by atoms with Crippen LogP contribution in [0.2, 0.25) is 0 Å². The van der Waals surface area contributed by atoms with Gasteiger partial charge in [-0.1, -0.05) is 79.2 Å². The highest BCUT2D eigenvalue weighted by Gasteiger charge is 2.35. The van der Waals surface area contributed by atoms with Gasteiger partial charge in [0, 0.05) is 0 Å². The topological polar surface area (TPSA) is 41.5 Å². The standard InChI is InChI=1S/C30H35BNO2/c1-21-10-9-13-23(16-21)24-14-15-32-28(20-24)26-17-25(22-11-7-6-8-12-22)18-27(19-26)31-34-30(4,5)29(2,3)33/h6-15,17-21,28,32-33H,16H2,1-5H3. The van der Waals surface area contributed by atoms with Gasteiger partial charge in [0.1, 0.15) is 0 Å². The molecular weight excluding hydrogens is 417 g/mol. The van der Waals surface area contributed by atoms with Crippen molar-refractivity contribution in [1.29, 1.82) is 0 Å². The van der Waals surface area contributed by atoms with Crippen molar-refractivity contribution in [2.45, 2.75) is 58.3 Å². The number of dihydropyridines is 1. The van der Waals surface area contributed by atoms with Crippen LogP contribution in [0.5, 0.6) is 0 Å². The first-order valence-corrected chi connectivity index (χ1v) is 12.1. The van der Waals surface area contributed by atoms with Crippen LogP contribution in [0, 0.1) is 5.92 Å². The first-order valence-electron chi connectivity index (χ1n) is 12.1. The van der Waals surface area contributed by atoms with E-state index >= 15 is 0 Å². The zero-order chi connectivity index (χ0) is 24.3. The summed E-state index contributed by atoms with van der Waals surface area (Å²) in [5.74, 6) is 0.557. The Morgan fingerprint density at radius 3 is 2.50 bits per heavy atom. The number of hydrogen-bond donors (Lipinski definition) is 2. The van der Waals surface area contributed by atoms with E-state index in [0.717, 1.165) is 23.0 Å². The number of rotatable bonds is 7. The van der Waals surface area contributed by atoms with Gasteiger partial charge in [-0.3, -0.25) is 0 Å². The van der Waals surface area contributed by atoms with E-state index in [1.165, 1.54) is 16.7 Å². The van der Waals surface area contributed by atoms with Crippen molar-refractivity contribution in [1.82, 2.24) is 5.32 Å². The molecule has 2 aromatic carbocycles. The van der Waals surface area contributed by atoms with Crippen LogP contribution in [-0.4, -0.2) is 23.8 Å². The second kappa shape index (κ2) is 9.81. The van der Waals surface area contributed by atoms with Crippen LogP contribution in [0.1, 0.15) is 52.6 Å². The molecule has 0 amide bonds. The van der Waals surface area contributed by atoms with Crippen molar-refractivity contribution in [2.24, 2.45) is 5.92 Å². The summed E-state index contributed by atoms with van der Waals surface area (Å²) in [6, 6.07) is 17.0. The van der Waals surface area contributed by atoms with Gasteiger partial charge in [-0.2, -0.15) is 0 Å². The first kappa shape index (κ1) is 24.3. The van der Waals surface area contributed by atoms with Gasteiger partial charge < -0.3 is 15.1 Å². The van der Waals surface area contributed by atoms with E-state index in [0.29, 0.717) is 5.92 Å². The predicted octanol–water partition coefficient (Wildman–Crippen LogP) is 5.77. The van der Waals surface area contributed by atoms with Crippen molar-refractivity contribution < 1.29 is 9.76 Å². The lowest BCUT2D eigenvalue weighted by molar-refractivity contribution is -0.0893. The third-order valence-electron chi connectivity index (χ3n) is 6.94. The maximum Gasteiger partial charge on any atom is 0.330 e. The Hall–Kier alpha value is -2.82. The van der Waals surface area contributed by atoms with Gasteiger partial charge in [-0.05, 0) is 86.2 Å². The van der Waals surface area contributed by atoms with Gasteiger partial charge in [-0.25, -0.2) is 0 Å². The summed E-state index contributed by atoms with van der Waals surface area (Å²) in [7, 11) is 1.77. The molecule has 2 atom stereocenters. The molecule has 4 heteroatoms. The van der Waals surface area contributed by atoms with Crippen LogP contribution in [-0.2, 0) is 4.65 Å². The van der Waals surface area contributed by atoms with E-state index in [-0.39, 0.29) is 6.04 Å². The Morgan fingerprint density at radius 1 is 1.03 bits per heavy atom. The largest absolute Gasteiger partial charge is 0.427 e. The molecule has 0 saturated carbocycles. The molecule has 1 radical (unpaired) electrons. The van der Waals surface area contributed by atoms with E-state index in [2.05, 4.69) is 91.3 Å². The molecule has 1 aliphatic carbocycles. The minimum Gasteiger partial charge on any atom is -0.427 e. The smallest absolute Gasteiger partial charge is 0.330 e. The van der Waals surface area contributed by atoms with Crippen molar-refractivity contribution >= 4 is 12.9 Å². The summed E-state index contributed by atoms with van der Waals surface area (Å²) in [6.07, 6.45) is 14.2. The van der Waals surface area contributed by atoms with Crippen LogP contribution in [0.4, 0.5) is 0 Å². The summed E-state index contributed by atoms with van der Waals surface area (Å²) < 4.78 is 6.10. The summed E-state index contributed by atoms with van der Waals surface area (Å²) in [4.78, 5) is 0. The molecule has 34 heavy (non-hydrogen) atoms. The highest BCUT2D eigenvalue weighted by Crippen LogP contribution is 2.31. The third kappa shape index (κ3) is 5.63. The van der Waals surface area contributed by atoms with E-state index in [1.807, 2.05) is 19.9 Å². The highest BCUT2D eigenvalue weighted by molar-refractivity contribution is 6.47. The van der Waals surface area contributed by atoms with Crippen molar-refractivity contribution in [3.05, 3.63) is 102 Å². The summed E-state index contributed by atoms with van der Waals surface area (Å²) >= 11 is 0. The van der Waals surface area contributed by atoms with Gasteiger partial charge in [0.25, 0.3) is 0 Å². The van der Waals surface area contributed by atoms with Crippen LogP contribution in [0.3, 0.4) is 0 Å². The molecule has 175 valence electrons. The zero-order valence-electron chi connectivity index (χ0n) is 20.9. The molecule has 2 N–H and O–H groups in total. The minimum atomic E-state index is -0.976. The molecule has 1 aliphatic heterocycles. The molecule has 0 spiro atoms. The number of benzene rings is 2. The summed E-state index contributed by atoms with van der Waals surface area (Å²) in [5, 5.41) is 14.0. The number of aliphatic hydroxyl groups is 1. The first-order chi connectivity index (χ1) is 16.1. The van der Waals surface area contributed by atoms with Gasteiger partial charge in [0.05, 0.1) is 17.2 Å². The Kier molecular flexibility index (Phi) is 7.02. The predicted molar refractivity (Wildman–Crippen MR) is 143 cm³/mol. The number of nitrogens with one attached hydrogen (secondary N) is 1. The fourth-order valence-electron chi connectivity index (χ4n) is 4.07. The molecule has 0 saturated heterocycles. The monoisotopic (exact) mass is 452 g/mol. The lowest BCUT2D eigenvalue weighted by Gasteiger charge is -2.37. The van der Waals surface area contributed by atoms with E-state index in [1.54, 1.807) is 21.3 Å². The van der Waals surface area contributed by atoms with Gasteiger partial charge in [-0.15, -0.1) is 0 Å². The summed E-state index contributed by atoms with van der Waals surface area (Å²) in [6.45, 7) is 9.61. The highest BCUT2D eigenvalue weighted by atomic mass is 16.5. The molecular formula is C30H35BNO2. The second-order valence-electron chi connectivity index (χ2n) is 10.4. The maximum atomic E-state index is 10.5. The van der Waals surface area contributed by atoms with Crippen LogP contribution >= 0.6 is 0 Å². The fraction of sp³-hybridized carbons (Fsp3) is 0.333. The van der Waals surface area contributed by atoms with Crippen LogP contribution < -0.4 is 10.8 Å². The Labute approximate surface area is 205 Å². The Balaban J connectivity index is 1.67. The van der Waals surface area contributed by atoms with Crippen LogP contribution in [0.15, 0.2) is 96.3 Å². The van der Waals surface area contributed by atoms with Crippen molar-refractivity contribution in [3.8, 4) is 11.1 Å². The van der Waals surface area contributed by atoms with E-state index < -0.39 is 11.2 Å². The fourth-order valence-corrected chi connectivity index (χ4v) is 4.07. The molecule has 0 fully saturated rings. The zero-order valence-corrected chi connectivity index (χ0v) is 20.9. The molecule has 1 heterocycles. The SMILES string of the molecule is CC1C=CC=C(C2=CC(c3cc([B]OC(C)(C)C(C)(C)O)cc(-c4ccccc4)c3)NC=C2)C1. The van der Waals surface area contributed by atoms with Crippen molar-refractivity contribution in [3.63, 3.8) is 0 Å².